The van der Waals surface area contributed by atoms with Crippen molar-refractivity contribution in [3.63, 3.8) is 0 Å². The zero-order chi connectivity index (χ0) is 17.6. The minimum atomic E-state index is -4.78. The number of alkyl halides is 3. The first kappa shape index (κ1) is 18.4. The maximum Gasteiger partial charge on any atom is 0.573 e. The van der Waals surface area contributed by atoms with Crippen LogP contribution in [0.1, 0.15) is 31.2 Å². The van der Waals surface area contributed by atoms with Gasteiger partial charge >= 0.3 is 12.4 Å². The number of carbonyl (C=O) groups is 1. The van der Waals surface area contributed by atoms with Crippen molar-refractivity contribution >= 4 is 6.03 Å². The second-order valence-electron chi connectivity index (χ2n) is 5.83. The zero-order valence-electron chi connectivity index (χ0n) is 13.1. The number of nitrogens with one attached hydrogen (secondary N) is 2. The number of amides is 2. The van der Waals surface area contributed by atoms with E-state index in [1.807, 2.05) is 0 Å². The van der Waals surface area contributed by atoms with Crippen LogP contribution in [0, 0.1) is 5.92 Å². The van der Waals surface area contributed by atoms with Crippen LogP contribution in [0.25, 0.3) is 0 Å². The van der Waals surface area contributed by atoms with Crippen LogP contribution in [0.5, 0.6) is 5.75 Å². The van der Waals surface area contributed by atoms with Crippen LogP contribution >= 0.6 is 0 Å². The SMILES string of the molecule is O=C(NCc1ccccc1OC(F)(F)F)NC[C@@H]1CCCC[C@H]1O. The third-order valence-corrected chi connectivity index (χ3v) is 4.03. The van der Waals surface area contributed by atoms with Crippen LogP contribution in [0.15, 0.2) is 24.3 Å². The van der Waals surface area contributed by atoms with Gasteiger partial charge in [0.05, 0.1) is 6.10 Å². The van der Waals surface area contributed by atoms with Crippen LogP contribution in [0.4, 0.5) is 18.0 Å². The number of hydrogen-bond donors (Lipinski definition) is 3. The van der Waals surface area contributed by atoms with Gasteiger partial charge in [0.1, 0.15) is 5.75 Å². The fourth-order valence-corrected chi connectivity index (χ4v) is 2.76. The average Bonchev–Trinajstić information content (AvgIpc) is 2.52. The molecule has 3 N–H and O–H groups in total. The predicted molar refractivity (Wildman–Crippen MR) is 81.3 cm³/mol. The van der Waals surface area contributed by atoms with Crippen molar-refractivity contribution in [1.29, 1.82) is 0 Å². The van der Waals surface area contributed by atoms with Crippen LogP contribution in [0.2, 0.25) is 0 Å². The molecule has 5 nitrogen and oxygen atoms in total. The molecule has 0 bridgehead atoms. The summed E-state index contributed by atoms with van der Waals surface area (Å²) in [5.74, 6) is -0.321. The van der Waals surface area contributed by atoms with E-state index in [1.54, 1.807) is 6.07 Å². The monoisotopic (exact) mass is 346 g/mol. The highest BCUT2D eigenvalue weighted by atomic mass is 19.4. The molecule has 1 fully saturated rings. The fourth-order valence-electron chi connectivity index (χ4n) is 2.76. The Morgan fingerprint density at radius 1 is 1.21 bits per heavy atom. The smallest absolute Gasteiger partial charge is 0.405 e. The lowest BCUT2D eigenvalue weighted by atomic mass is 9.86. The lowest BCUT2D eigenvalue weighted by Crippen LogP contribution is -2.41. The molecule has 0 heterocycles. The molecular weight excluding hydrogens is 325 g/mol. The van der Waals surface area contributed by atoms with Gasteiger partial charge in [-0.25, -0.2) is 4.79 Å². The molecule has 24 heavy (non-hydrogen) atoms. The summed E-state index contributed by atoms with van der Waals surface area (Å²) in [4.78, 5) is 11.8. The van der Waals surface area contributed by atoms with Crippen LogP contribution in [-0.2, 0) is 6.54 Å². The summed E-state index contributed by atoms with van der Waals surface area (Å²) in [6, 6.07) is 5.15. The summed E-state index contributed by atoms with van der Waals surface area (Å²) >= 11 is 0. The molecular formula is C16H21F3N2O3. The maximum absolute atomic E-state index is 12.3. The minimum absolute atomic E-state index is 0.0188. The molecule has 1 aliphatic carbocycles. The topological polar surface area (TPSA) is 70.6 Å². The molecule has 134 valence electrons. The number of urea groups is 1. The van der Waals surface area contributed by atoms with Crippen LogP contribution in [0.3, 0.4) is 0 Å². The van der Waals surface area contributed by atoms with Gasteiger partial charge in [0.25, 0.3) is 0 Å². The highest BCUT2D eigenvalue weighted by Crippen LogP contribution is 2.26. The van der Waals surface area contributed by atoms with Crippen LogP contribution in [-0.4, -0.2) is 30.1 Å². The Kier molecular flexibility index (Phi) is 6.30. The van der Waals surface area contributed by atoms with Gasteiger partial charge in [-0.15, -0.1) is 13.2 Å². The van der Waals surface area contributed by atoms with Gasteiger partial charge in [-0.05, 0) is 18.9 Å². The lowest BCUT2D eigenvalue weighted by Gasteiger charge is -2.27. The standard InChI is InChI=1S/C16H21F3N2O3/c17-16(18,19)24-14-8-4-2-6-12(14)10-21-15(23)20-9-11-5-1-3-7-13(11)22/h2,4,6,8,11,13,22H,1,3,5,7,9-10H2,(H2,20,21,23)/t11-,13+/m0/s1. The van der Waals surface area contributed by atoms with Gasteiger partial charge in [0.15, 0.2) is 0 Å². The van der Waals surface area contributed by atoms with Crippen molar-refractivity contribution in [2.24, 2.45) is 5.92 Å². The van der Waals surface area contributed by atoms with Crippen molar-refractivity contribution in [2.45, 2.75) is 44.7 Å². The summed E-state index contributed by atoms with van der Waals surface area (Å²) in [5.41, 5.74) is 0.225. The van der Waals surface area contributed by atoms with Gasteiger partial charge in [-0.1, -0.05) is 31.0 Å². The molecule has 1 saturated carbocycles. The molecule has 1 aromatic carbocycles. The summed E-state index contributed by atoms with van der Waals surface area (Å²) in [7, 11) is 0. The predicted octanol–water partition coefficient (Wildman–Crippen LogP) is 2.94. The van der Waals surface area contributed by atoms with E-state index in [0.29, 0.717) is 6.54 Å². The number of halogens is 3. The van der Waals surface area contributed by atoms with Crippen molar-refractivity contribution in [1.82, 2.24) is 10.6 Å². The Labute approximate surface area is 138 Å². The van der Waals surface area contributed by atoms with E-state index < -0.39 is 18.5 Å². The highest BCUT2D eigenvalue weighted by Gasteiger charge is 2.32. The van der Waals surface area contributed by atoms with Crippen molar-refractivity contribution < 1.29 is 27.8 Å². The Hall–Kier alpha value is -1.96. The molecule has 2 atom stereocenters. The summed E-state index contributed by atoms with van der Waals surface area (Å²) in [6.45, 7) is 0.249. The van der Waals surface area contributed by atoms with Gasteiger partial charge < -0.3 is 20.5 Å². The summed E-state index contributed by atoms with van der Waals surface area (Å²) < 4.78 is 40.9. The van der Waals surface area contributed by atoms with E-state index in [9.17, 15) is 23.1 Å². The Morgan fingerprint density at radius 3 is 2.62 bits per heavy atom. The van der Waals surface area contributed by atoms with Gasteiger partial charge in [0.2, 0.25) is 0 Å². The third kappa shape index (κ3) is 5.92. The van der Waals surface area contributed by atoms with E-state index in [-0.39, 0.29) is 23.8 Å². The van der Waals surface area contributed by atoms with Gasteiger partial charge in [-0.3, -0.25) is 0 Å². The van der Waals surface area contributed by atoms with E-state index in [1.165, 1.54) is 18.2 Å². The van der Waals surface area contributed by atoms with E-state index in [4.69, 9.17) is 0 Å². The number of carbonyl (C=O) groups excluding carboxylic acids is 1. The van der Waals surface area contributed by atoms with E-state index in [0.717, 1.165) is 25.7 Å². The quantitative estimate of drug-likeness (QED) is 0.768. The van der Waals surface area contributed by atoms with Crippen molar-refractivity contribution in [2.75, 3.05) is 6.54 Å². The molecule has 0 aromatic heterocycles. The first-order chi connectivity index (χ1) is 11.3. The van der Waals surface area contributed by atoms with Gasteiger partial charge in [0, 0.05) is 24.6 Å². The number of para-hydroxylation sites is 1. The van der Waals surface area contributed by atoms with E-state index in [2.05, 4.69) is 15.4 Å². The third-order valence-electron chi connectivity index (χ3n) is 4.03. The second-order valence-corrected chi connectivity index (χ2v) is 5.83. The largest absolute Gasteiger partial charge is 0.573 e. The number of rotatable bonds is 5. The maximum atomic E-state index is 12.3. The van der Waals surface area contributed by atoms with Crippen molar-refractivity contribution in [3.05, 3.63) is 29.8 Å². The van der Waals surface area contributed by atoms with E-state index >= 15 is 0 Å². The molecule has 8 heteroatoms. The van der Waals surface area contributed by atoms with Crippen LogP contribution < -0.4 is 15.4 Å². The molecule has 1 aliphatic rings. The number of ether oxygens (including phenoxy) is 1. The van der Waals surface area contributed by atoms with Crippen molar-refractivity contribution in [3.8, 4) is 5.75 Å². The fraction of sp³-hybridized carbons (Fsp3) is 0.562. The Morgan fingerprint density at radius 2 is 1.92 bits per heavy atom. The number of aliphatic hydroxyl groups is 1. The molecule has 0 spiro atoms. The number of hydrogen-bond acceptors (Lipinski definition) is 3. The Balaban J connectivity index is 1.81. The molecule has 1 aromatic rings. The second kappa shape index (κ2) is 8.23. The molecule has 0 radical (unpaired) electrons. The van der Waals surface area contributed by atoms with Gasteiger partial charge in [-0.2, -0.15) is 0 Å². The Bertz CT molecular complexity index is 552. The number of aliphatic hydroxyl groups excluding tert-OH is 1. The molecule has 2 rings (SSSR count). The minimum Gasteiger partial charge on any atom is -0.405 e. The normalized spacial score (nSPS) is 21.2. The molecule has 0 saturated heterocycles. The molecule has 0 aliphatic heterocycles. The molecule has 0 unspecified atom stereocenters. The first-order valence-electron chi connectivity index (χ1n) is 7.88. The summed E-state index contributed by atoms with van der Waals surface area (Å²) in [6.07, 6.45) is -1.61. The lowest BCUT2D eigenvalue weighted by molar-refractivity contribution is -0.274. The number of benzene rings is 1. The highest BCUT2D eigenvalue weighted by molar-refractivity contribution is 5.73. The first-order valence-corrected chi connectivity index (χ1v) is 7.88. The summed E-state index contributed by atoms with van der Waals surface area (Å²) in [5, 5.41) is 15.0. The molecule has 2 amide bonds. The average molecular weight is 346 g/mol. The zero-order valence-corrected chi connectivity index (χ0v) is 13.1.